The summed E-state index contributed by atoms with van der Waals surface area (Å²) in [6, 6.07) is 11.5. The van der Waals surface area contributed by atoms with Crippen molar-refractivity contribution in [1.82, 2.24) is 0 Å². The van der Waals surface area contributed by atoms with Gasteiger partial charge in [0, 0.05) is 31.0 Å². The quantitative estimate of drug-likeness (QED) is 0.800. The van der Waals surface area contributed by atoms with E-state index in [1.54, 1.807) is 6.07 Å². The number of ether oxygens (including phenoxy) is 3. The number of aryl methyl sites for hydroxylation is 1. The normalized spacial score (nSPS) is 16.2. The average Bonchev–Trinajstić information content (AvgIpc) is 2.98. The highest BCUT2D eigenvalue weighted by Gasteiger charge is 2.17. The van der Waals surface area contributed by atoms with Crippen LogP contribution in [0.1, 0.15) is 18.4 Å². The van der Waals surface area contributed by atoms with E-state index in [0.717, 1.165) is 47.9 Å². The molecule has 0 saturated carbocycles. The topological polar surface area (TPSA) is 60.0 Å². The van der Waals surface area contributed by atoms with Crippen molar-refractivity contribution in [2.24, 2.45) is 0 Å². The van der Waals surface area contributed by atoms with E-state index in [4.69, 9.17) is 25.8 Å². The van der Waals surface area contributed by atoms with E-state index in [9.17, 15) is 4.79 Å². The van der Waals surface area contributed by atoms with Gasteiger partial charge in [-0.05, 0) is 42.3 Å². The van der Waals surface area contributed by atoms with Crippen LogP contribution in [0, 0.1) is 0 Å². The Morgan fingerprint density at radius 2 is 1.79 bits per heavy atom. The molecule has 1 saturated heterocycles. The fourth-order valence-electron chi connectivity index (χ4n) is 3.52. The number of halogens is 1. The summed E-state index contributed by atoms with van der Waals surface area (Å²) in [7, 11) is 0. The predicted octanol–water partition coefficient (Wildman–Crippen LogP) is 3.91. The van der Waals surface area contributed by atoms with E-state index in [0.29, 0.717) is 44.3 Å². The summed E-state index contributed by atoms with van der Waals surface area (Å²) in [6.45, 7) is 4.26. The van der Waals surface area contributed by atoms with Crippen molar-refractivity contribution in [3.63, 3.8) is 0 Å². The molecule has 0 spiro atoms. The molecule has 1 N–H and O–H groups in total. The Balaban J connectivity index is 1.40. The Labute approximate surface area is 175 Å². The molecule has 6 nitrogen and oxygen atoms in total. The number of nitrogens with zero attached hydrogens (tertiary/aromatic N) is 1. The highest BCUT2D eigenvalue weighted by Crippen LogP contribution is 2.32. The minimum Gasteiger partial charge on any atom is -0.490 e. The molecule has 0 bridgehead atoms. The van der Waals surface area contributed by atoms with Crippen molar-refractivity contribution < 1.29 is 19.0 Å². The van der Waals surface area contributed by atoms with Gasteiger partial charge < -0.3 is 24.4 Å². The number of hydrogen-bond acceptors (Lipinski definition) is 5. The fourth-order valence-corrected chi connectivity index (χ4v) is 3.69. The van der Waals surface area contributed by atoms with Crippen LogP contribution in [-0.4, -0.2) is 45.4 Å². The van der Waals surface area contributed by atoms with Crippen LogP contribution in [0.2, 0.25) is 5.02 Å². The maximum absolute atomic E-state index is 12.6. The third-order valence-electron chi connectivity index (χ3n) is 5.04. The second-order valence-corrected chi connectivity index (χ2v) is 7.58. The van der Waals surface area contributed by atoms with Gasteiger partial charge in [0.15, 0.2) is 11.5 Å². The Hall–Kier alpha value is -2.44. The lowest BCUT2D eigenvalue weighted by Crippen LogP contribution is -2.36. The third-order valence-corrected chi connectivity index (χ3v) is 5.27. The molecule has 1 amide bonds. The van der Waals surface area contributed by atoms with Gasteiger partial charge in [-0.1, -0.05) is 17.7 Å². The molecule has 29 heavy (non-hydrogen) atoms. The number of hydrogen-bond donors (Lipinski definition) is 1. The molecule has 0 unspecified atom stereocenters. The van der Waals surface area contributed by atoms with Gasteiger partial charge in [-0.25, -0.2) is 0 Å². The number of rotatable bonds is 5. The van der Waals surface area contributed by atoms with Crippen molar-refractivity contribution in [1.29, 1.82) is 0 Å². The van der Waals surface area contributed by atoms with Crippen LogP contribution in [-0.2, 0) is 16.0 Å². The molecule has 7 heteroatoms. The van der Waals surface area contributed by atoms with Crippen molar-refractivity contribution in [2.75, 3.05) is 49.7 Å². The largest absolute Gasteiger partial charge is 0.490 e. The van der Waals surface area contributed by atoms with E-state index in [2.05, 4.69) is 10.2 Å². The Morgan fingerprint density at radius 3 is 2.62 bits per heavy atom. The van der Waals surface area contributed by atoms with Gasteiger partial charge in [-0.15, -0.1) is 0 Å². The van der Waals surface area contributed by atoms with Crippen molar-refractivity contribution >= 4 is 28.9 Å². The summed E-state index contributed by atoms with van der Waals surface area (Å²) in [5.41, 5.74) is 2.76. The highest BCUT2D eigenvalue weighted by molar-refractivity contribution is 6.31. The van der Waals surface area contributed by atoms with E-state index >= 15 is 0 Å². The molecule has 1 fully saturated rings. The zero-order chi connectivity index (χ0) is 20.1. The first-order valence-electron chi connectivity index (χ1n) is 10.00. The average molecular weight is 417 g/mol. The van der Waals surface area contributed by atoms with Crippen molar-refractivity contribution in [2.45, 2.75) is 19.3 Å². The first-order valence-corrected chi connectivity index (χ1v) is 10.4. The lowest BCUT2D eigenvalue weighted by atomic mass is 10.1. The predicted molar refractivity (Wildman–Crippen MR) is 113 cm³/mol. The molecule has 4 rings (SSSR count). The van der Waals surface area contributed by atoms with Crippen LogP contribution in [0.4, 0.5) is 11.4 Å². The van der Waals surface area contributed by atoms with Crippen LogP contribution in [0.3, 0.4) is 0 Å². The number of nitrogens with one attached hydrogen (secondary N) is 1. The molecular weight excluding hydrogens is 392 g/mol. The SMILES string of the molecule is O=C(CCc1ccc2c(c1)OCCCO2)Nc1cc(Cl)ccc1N1CCOCC1. The van der Waals surface area contributed by atoms with E-state index in [1.807, 2.05) is 30.3 Å². The maximum atomic E-state index is 12.6. The number of carbonyl (C=O) groups excluding carboxylic acids is 1. The lowest BCUT2D eigenvalue weighted by Gasteiger charge is -2.30. The second-order valence-electron chi connectivity index (χ2n) is 7.14. The Kier molecular flexibility index (Phi) is 6.42. The first kappa shape index (κ1) is 19.9. The minimum absolute atomic E-state index is 0.0473. The molecule has 2 aliphatic heterocycles. The van der Waals surface area contributed by atoms with Crippen molar-refractivity contribution in [3.8, 4) is 11.5 Å². The van der Waals surface area contributed by atoms with Gasteiger partial charge in [-0.2, -0.15) is 0 Å². The molecule has 2 aromatic rings. The summed E-state index contributed by atoms with van der Waals surface area (Å²) in [4.78, 5) is 14.8. The van der Waals surface area contributed by atoms with Crippen LogP contribution < -0.4 is 19.7 Å². The van der Waals surface area contributed by atoms with E-state index in [-0.39, 0.29) is 5.91 Å². The number of amides is 1. The second kappa shape index (κ2) is 9.37. The van der Waals surface area contributed by atoms with Crippen LogP contribution in [0.15, 0.2) is 36.4 Å². The van der Waals surface area contributed by atoms with Crippen molar-refractivity contribution in [3.05, 3.63) is 47.0 Å². The molecule has 0 atom stereocenters. The summed E-state index contributed by atoms with van der Waals surface area (Å²) in [5.74, 6) is 1.48. The zero-order valence-electron chi connectivity index (χ0n) is 16.3. The van der Waals surface area contributed by atoms with E-state index in [1.165, 1.54) is 0 Å². The standard InChI is InChI=1S/C22H25ClN2O4/c23-17-4-5-19(25-8-12-27-13-9-25)18(15-17)24-22(26)7-3-16-2-6-20-21(14-16)29-11-1-10-28-20/h2,4-6,14-15H,1,3,7-13H2,(H,24,26). The molecule has 154 valence electrons. The van der Waals surface area contributed by atoms with Gasteiger partial charge in [0.1, 0.15) is 0 Å². The Bertz CT molecular complexity index is 868. The molecular formula is C22H25ClN2O4. The lowest BCUT2D eigenvalue weighted by molar-refractivity contribution is -0.116. The Morgan fingerprint density at radius 1 is 1.00 bits per heavy atom. The summed E-state index contributed by atoms with van der Waals surface area (Å²) in [6.07, 6.45) is 1.86. The van der Waals surface area contributed by atoms with Gasteiger partial charge in [0.25, 0.3) is 0 Å². The minimum atomic E-state index is -0.0473. The number of benzene rings is 2. The summed E-state index contributed by atoms with van der Waals surface area (Å²) < 4.78 is 16.8. The number of morpholine rings is 1. The maximum Gasteiger partial charge on any atom is 0.224 e. The van der Waals surface area contributed by atoms with Gasteiger partial charge in [-0.3, -0.25) is 4.79 Å². The zero-order valence-corrected chi connectivity index (χ0v) is 17.0. The van der Waals surface area contributed by atoms with Gasteiger partial charge in [0.05, 0.1) is 37.8 Å². The van der Waals surface area contributed by atoms with Crippen LogP contribution in [0.5, 0.6) is 11.5 Å². The number of fused-ring (bicyclic) bond motifs is 1. The molecule has 2 aliphatic rings. The monoisotopic (exact) mass is 416 g/mol. The van der Waals surface area contributed by atoms with E-state index < -0.39 is 0 Å². The number of anilines is 2. The van der Waals surface area contributed by atoms with Crippen LogP contribution in [0.25, 0.3) is 0 Å². The molecule has 0 aliphatic carbocycles. The molecule has 0 aromatic heterocycles. The molecule has 2 heterocycles. The molecule has 2 aromatic carbocycles. The number of carbonyl (C=O) groups is 1. The van der Waals surface area contributed by atoms with Gasteiger partial charge >= 0.3 is 0 Å². The smallest absolute Gasteiger partial charge is 0.224 e. The summed E-state index contributed by atoms with van der Waals surface area (Å²) >= 11 is 6.17. The summed E-state index contributed by atoms with van der Waals surface area (Å²) in [5, 5.41) is 3.63. The highest BCUT2D eigenvalue weighted by atomic mass is 35.5. The third kappa shape index (κ3) is 5.14. The van der Waals surface area contributed by atoms with Gasteiger partial charge in [0.2, 0.25) is 5.91 Å². The first-order chi connectivity index (χ1) is 14.2. The fraction of sp³-hybridized carbons (Fsp3) is 0.409. The van der Waals surface area contributed by atoms with Crippen LogP contribution >= 0.6 is 11.6 Å². The molecule has 0 radical (unpaired) electrons.